The Morgan fingerprint density at radius 2 is 1.89 bits per heavy atom. The lowest BCUT2D eigenvalue weighted by molar-refractivity contribution is -0.139. The molecule has 2 heterocycles. The number of carbonyl (C=O) groups excluding carboxylic acids is 2. The van der Waals surface area contributed by atoms with Crippen LogP contribution < -0.4 is 15.5 Å². The maximum Gasteiger partial charge on any atom is 0.338 e. The van der Waals surface area contributed by atoms with Crippen LogP contribution in [0.1, 0.15) is 57.6 Å². The predicted molar refractivity (Wildman–Crippen MR) is 105 cm³/mol. The molecule has 6 heteroatoms. The minimum Gasteiger partial charge on any atom is -0.463 e. The molecule has 0 aromatic heterocycles. The highest BCUT2D eigenvalue weighted by molar-refractivity contribution is 5.95. The SMILES string of the molecule is CCCCC1=C(C(=O)OCC)C(c2ccc(N3CCCC3)cc2)NC(=O)N1. The van der Waals surface area contributed by atoms with E-state index in [9.17, 15) is 9.59 Å². The molecule has 2 aliphatic rings. The average molecular weight is 371 g/mol. The molecule has 3 rings (SSSR count). The number of urea groups is 1. The van der Waals surface area contributed by atoms with E-state index in [0.29, 0.717) is 24.3 Å². The molecular formula is C21H29N3O3. The molecule has 0 saturated carbocycles. The van der Waals surface area contributed by atoms with Crippen molar-refractivity contribution in [3.05, 3.63) is 41.1 Å². The Morgan fingerprint density at radius 1 is 1.19 bits per heavy atom. The molecule has 2 aliphatic heterocycles. The van der Waals surface area contributed by atoms with Crippen LogP contribution in [-0.2, 0) is 9.53 Å². The van der Waals surface area contributed by atoms with Crippen molar-refractivity contribution in [2.24, 2.45) is 0 Å². The smallest absolute Gasteiger partial charge is 0.338 e. The van der Waals surface area contributed by atoms with Gasteiger partial charge in [0.25, 0.3) is 0 Å². The van der Waals surface area contributed by atoms with E-state index in [1.54, 1.807) is 6.92 Å². The summed E-state index contributed by atoms with van der Waals surface area (Å²) in [5.41, 5.74) is 3.26. The van der Waals surface area contributed by atoms with Crippen LogP contribution in [0.5, 0.6) is 0 Å². The number of allylic oxidation sites excluding steroid dienone is 1. The number of nitrogens with zero attached hydrogens (tertiary/aromatic N) is 1. The van der Waals surface area contributed by atoms with Crippen molar-refractivity contribution in [1.82, 2.24) is 10.6 Å². The summed E-state index contributed by atoms with van der Waals surface area (Å²) in [5.74, 6) is -0.371. The van der Waals surface area contributed by atoms with E-state index >= 15 is 0 Å². The standard InChI is InChI=1S/C21H29N3O3/c1-3-5-8-17-18(20(25)27-4-2)19(23-21(26)22-17)15-9-11-16(12-10-15)24-13-6-7-14-24/h9-12,19H,3-8,13-14H2,1-2H3,(H2,22,23,26). The van der Waals surface area contributed by atoms with Gasteiger partial charge in [0.1, 0.15) is 0 Å². The molecule has 27 heavy (non-hydrogen) atoms. The fourth-order valence-electron chi connectivity index (χ4n) is 3.72. The van der Waals surface area contributed by atoms with E-state index in [2.05, 4.69) is 34.6 Å². The number of esters is 1. The summed E-state index contributed by atoms with van der Waals surface area (Å²) < 4.78 is 5.29. The molecule has 1 aromatic carbocycles. The zero-order valence-corrected chi connectivity index (χ0v) is 16.2. The molecule has 0 spiro atoms. The fraction of sp³-hybridized carbons (Fsp3) is 0.524. The molecule has 2 N–H and O–H groups in total. The van der Waals surface area contributed by atoms with Gasteiger partial charge in [-0.1, -0.05) is 25.5 Å². The normalized spacial score (nSPS) is 19.7. The van der Waals surface area contributed by atoms with Gasteiger partial charge in [0.15, 0.2) is 0 Å². The van der Waals surface area contributed by atoms with Crippen molar-refractivity contribution >= 4 is 17.7 Å². The van der Waals surface area contributed by atoms with Crippen molar-refractivity contribution in [1.29, 1.82) is 0 Å². The van der Waals surface area contributed by atoms with E-state index in [0.717, 1.165) is 31.5 Å². The number of nitrogens with one attached hydrogen (secondary N) is 2. The lowest BCUT2D eigenvalue weighted by Gasteiger charge is -2.30. The summed E-state index contributed by atoms with van der Waals surface area (Å²) in [6.07, 6.45) is 4.99. The Labute approximate surface area is 161 Å². The van der Waals surface area contributed by atoms with Crippen LogP contribution >= 0.6 is 0 Å². The summed E-state index contributed by atoms with van der Waals surface area (Å²) in [5, 5.41) is 5.71. The Morgan fingerprint density at radius 3 is 2.52 bits per heavy atom. The van der Waals surface area contributed by atoms with E-state index in [1.807, 2.05) is 12.1 Å². The molecule has 2 amide bonds. The van der Waals surface area contributed by atoms with Crippen LogP contribution in [0, 0.1) is 0 Å². The van der Waals surface area contributed by atoms with Gasteiger partial charge >= 0.3 is 12.0 Å². The minimum atomic E-state index is -0.489. The highest BCUT2D eigenvalue weighted by atomic mass is 16.5. The van der Waals surface area contributed by atoms with Gasteiger partial charge in [0, 0.05) is 24.5 Å². The van der Waals surface area contributed by atoms with Crippen LogP contribution in [0.3, 0.4) is 0 Å². The summed E-state index contributed by atoms with van der Waals surface area (Å²) in [6, 6.07) is 7.38. The quantitative estimate of drug-likeness (QED) is 0.718. The molecule has 0 bridgehead atoms. The number of hydrogen-bond acceptors (Lipinski definition) is 4. The fourth-order valence-corrected chi connectivity index (χ4v) is 3.72. The van der Waals surface area contributed by atoms with Crippen molar-refractivity contribution in [2.45, 2.75) is 52.0 Å². The molecule has 146 valence electrons. The number of ether oxygens (including phenoxy) is 1. The van der Waals surface area contributed by atoms with Crippen LogP contribution in [0.15, 0.2) is 35.5 Å². The monoisotopic (exact) mass is 371 g/mol. The summed E-state index contributed by atoms with van der Waals surface area (Å²) in [6.45, 7) is 6.34. The molecule has 1 atom stereocenters. The highest BCUT2D eigenvalue weighted by Crippen LogP contribution is 2.31. The van der Waals surface area contributed by atoms with Crippen molar-refractivity contribution in [3.63, 3.8) is 0 Å². The number of carbonyl (C=O) groups is 2. The number of anilines is 1. The average Bonchev–Trinajstić information content (AvgIpc) is 3.21. The van der Waals surface area contributed by atoms with Crippen LogP contribution in [0.2, 0.25) is 0 Å². The minimum absolute atomic E-state index is 0.275. The van der Waals surface area contributed by atoms with Crippen molar-refractivity contribution < 1.29 is 14.3 Å². The second-order valence-corrected chi connectivity index (χ2v) is 7.03. The zero-order chi connectivity index (χ0) is 19.2. The van der Waals surface area contributed by atoms with E-state index in [1.165, 1.54) is 18.5 Å². The first kappa shape index (κ1) is 19.3. The number of benzene rings is 1. The zero-order valence-electron chi connectivity index (χ0n) is 16.2. The maximum atomic E-state index is 12.7. The first-order chi connectivity index (χ1) is 13.1. The highest BCUT2D eigenvalue weighted by Gasteiger charge is 2.33. The Bertz CT molecular complexity index is 706. The van der Waals surface area contributed by atoms with Crippen molar-refractivity contribution in [2.75, 3.05) is 24.6 Å². The summed E-state index contributed by atoms with van der Waals surface area (Å²) >= 11 is 0. The van der Waals surface area contributed by atoms with E-state index in [-0.39, 0.29) is 12.0 Å². The third-order valence-electron chi connectivity index (χ3n) is 5.13. The van der Waals surface area contributed by atoms with Gasteiger partial charge in [0.05, 0.1) is 18.2 Å². The maximum absolute atomic E-state index is 12.7. The number of hydrogen-bond donors (Lipinski definition) is 2. The summed E-state index contributed by atoms with van der Waals surface area (Å²) in [4.78, 5) is 27.2. The van der Waals surface area contributed by atoms with Gasteiger partial charge in [0.2, 0.25) is 0 Å². The number of amides is 2. The Kier molecular flexibility index (Phi) is 6.37. The van der Waals surface area contributed by atoms with Gasteiger partial charge in [-0.05, 0) is 50.3 Å². The molecule has 6 nitrogen and oxygen atoms in total. The van der Waals surface area contributed by atoms with Gasteiger partial charge in [-0.2, -0.15) is 0 Å². The van der Waals surface area contributed by atoms with E-state index in [4.69, 9.17) is 4.74 Å². The lowest BCUT2D eigenvalue weighted by atomic mass is 9.93. The molecule has 0 aliphatic carbocycles. The molecule has 0 radical (unpaired) electrons. The third-order valence-corrected chi connectivity index (χ3v) is 5.13. The van der Waals surface area contributed by atoms with E-state index < -0.39 is 6.04 Å². The Hall–Kier alpha value is -2.50. The molecule has 1 saturated heterocycles. The molecular weight excluding hydrogens is 342 g/mol. The second kappa shape index (κ2) is 8.93. The first-order valence-electron chi connectivity index (χ1n) is 9.96. The third kappa shape index (κ3) is 4.43. The van der Waals surface area contributed by atoms with Crippen molar-refractivity contribution in [3.8, 4) is 0 Å². The van der Waals surface area contributed by atoms with Gasteiger partial charge in [-0.25, -0.2) is 9.59 Å². The predicted octanol–water partition coefficient (Wildman–Crippen LogP) is 3.65. The Balaban J connectivity index is 1.91. The number of unbranched alkanes of at least 4 members (excludes halogenated alkanes) is 1. The van der Waals surface area contributed by atoms with Crippen LogP contribution in [0.4, 0.5) is 10.5 Å². The van der Waals surface area contributed by atoms with Gasteiger partial charge in [-0.3, -0.25) is 0 Å². The molecule has 1 unspecified atom stereocenters. The molecule has 1 aromatic rings. The second-order valence-electron chi connectivity index (χ2n) is 7.03. The molecule has 1 fully saturated rings. The topological polar surface area (TPSA) is 70.7 Å². The van der Waals surface area contributed by atoms with Gasteiger partial charge in [-0.15, -0.1) is 0 Å². The van der Waals surface area contributed by atoms with Crippen LogP contribution in [0.25, 0.3) is 0 Å². The first-order valence-corrected chi connectivity index (χ1v) is 9.96. The lowest BCUT2D eigenvalue weighted by Crippen LogP contribution is -2.46. The van der Waals surface area contributed by atoms with Gasteiger partial charge < -0.3 is 20.3 Å². The largest absolute Gasteiger partial charge is 0.463 e. The summed E-state index contributed by atoms with van der Waals surface area (Å²) in [7, 11) is 0. The van der Waals surface area contributed by atoms with Crippen LogP contribution in [-0.4, -0.2) is 31.7 Å². The number of rotatable bonds is 7.